The average Bonchev–Trinajstić information content (AvgIpc) is 2.95. The van der Waals surface area contributed by atoms with Crippen LogP contribution >= 0.6 is 0 Å². The maximum absolute atomic E-state index is 13.9. The summed E-state index contributed by atoms with van der Waals surface area (Å²) in [6.07, 6.45) is -2.00. The molecule has 0 unspecified atom stereocenters. The van der Waals surface area contributed by atoms with E-state index >= 15 is 0 Å². The van der Waals surface area contributed by atoms with Crippen molar-refractivity contribution in [2.75, 3.05) is 0 Å². The van der Waals surface area contributed by atoms with Gasteiger partial charge in [0.2, 0.25) is 0 Å². The molecule has 0 aliphatic rings. The molecule has 5 aromatic rings. The monoisotopic (exact) mass is 555 g/mol. The number of aliphatic carboxylic acids is 1. The molecule has 1 aromatic heterocycles. The lowest BCUT2D eigenvalue weighted by Gasteiger charge is -2.17. The SMILES string of the molecule is Cc1ccccc1Cc1cnc2c(C(F)(F)F)cccc2c1-c1cccc(OCc2cccc(CCC(=O)O)c2)c1. The van der Waals surface area contributed by atoms with Crippen LogP contribution in [-0.2, 0) is 30.4 Å². The predicted octanol–water partition coefficient (Wildman–Crippen LogP) is 8.42. The first kappa shape index (κ1) is 27.9. The van der Waals surface area contributed by atoms with E-state index in [1.165, 1.54) is 6.07 Å². The molecule has 0 aliphatic heterocycles. The lowest BCUT2D eigenvalue weighted by atomic mass is 9.91. The smallest absolute Gasteiger partial charge is 0.418 e. The molecular formula is C34H28F3NO3. The van der Waals surface area contributed by atoms with Crippen molar-refractivity contribution in [2.24, 2.45) is 0 Å². The molecule has 41 heavy (non-hydrogen) atoms. The van der Waals surface area contributed by atoms with Crippen LogP contribution < -0.4 is 4.74 Å². The minimum absolute atomic E-state index is 0.0487. The zero-order valence-corrected chi connectivity index (χ0v) is 22.4. The predicted molar refractivity (Wildman–Crippen MR) is 153 cm³/mol. The Morgan fingerprint density at radius 1 is 0.878 bits per heavy atom. The van der Waals surface area contributed by atoms with Gasteiger partial charge in [0.15, 0.2) is 0 Å². The fraction of sp³-hybridized carbons (Fsp3) is 0.176. The maximum Gasteiger partial charge on any atom is 0.418 e. The Bertz CT molecular complexity index is 1710. The van der Waals surface area contributed by atoms with Crippen molar-refractivity contribution in [3.05, 3.63) is 131 Å². The Kier molecular flexibility index (Phi) is 8.06. The number of hydrogen-bond acceptors (Lipinski definition) is 3. The number of halogens is 3. The van der Waals surface area contributed by atoms with E-state index in [0.717, 1.165) is 39.4 Å². The average molecular weight is 556 g/mol. The van der Waals surface area contributed by atoms with Crippen molar-refractivity contribution in [3.63, 3.8) is 0 Å². The molecule has 0 saturated carbocycles. The highest BCUT2D eigenvalue weighted by Crippen LogP contribution is 2.39. The van der Waals surface area contributed by atoms with Crippen LogP contribution in [0.3, 0.4) is 0 Å². The van der Waals surface area contributed by atoms with E-state index < -0.39 is 17.7 Å². The molecule has 0 fully saturated rings. The van der Waals surface area contributed by atoms with Gasteiger partial charge >= 0.3 is 12.1 Å². The second-order valence-electron chi connectivity index (χ2n) is 9.99. The number of alkyl halides is 3. The normalized spacial score (nSPS) is 11.5. The van der Waals surface area contributed by atoms with Gasteiger partial charge in [0.1, 0.15) is 12.4 Å². The number of pyridine rings is 1. The van der Waals surface area contributed by atoms with E-state index in [2.05, 4.69) is 4.98 Å². The topological polar surface area (TPSA) is 59.4 Å². The third kappa shape index (κ3) is 6.57. The van der Waals surface area contributed by atoms with Gasteiger partial charge < -0.3 is 9.84 Å². The van der Waals surface area contributed by atoms with Gasteiger partial charge in [0, 0.05) is 18.0 Å². The van der Waals surface area contributed by atoms with Crippen LogP contribution in [0.1, 0.15) is 39.8 Å². The van der Waals surface area contributed by atoms with Gasteiger partial charge in [0.05, 0.1) is 11.1 Å². The Morgan fingerprint density at radius 2 is 1.63 bits per heavy atom. The fourth-order valence-corrected chi connectivity index (χ4v) is 5.02. The molecule has 0 spiro atoms. The van der Waals surface area contributed by atoms with Crippen molar-refractivity contribution < 1.29 is 27.8 Å². The summed E-state index contributed by atoms with van der Waals surface area (Å²) < 4.78 is 47.8. The summed E-state index contributed by atoms with van der Waals surface area (Å²) in [5, 5.41) is 9.39. The summed E-state index contributed by atoms with van der Waals surface area (Å²) in [5.74, 6) is -0.284. The number of hydrogen-bond donors (Lipinski definition) is 1. The minimum atomic E-state index is -4.54. The zero-order chi connectivity index (χ0) is 29.0. The van der Waals surface area contributed by atoms with E-state index in [9.17, 15) is 18.0 Å². The highest BCUT2D eigenvalue weighted by atomic mass is 19.4. The summed E-state index contributed by atoms with van der Waals surface area (Å²) in [4.78, 5) is 15.2. The quantitative estimate of drug-likeness (QED) is 0.198. The molecule has 5 rings (SSSR count). The van der Waals surface area contributed by atoms with Gasteiger partial charge in [-0.25, -0.2) is 0 Å². The lowest BCUT2D eigenvalue weighted by molar-refractivity contribution is -0.137. The molecule has 0 radical (unpaired) electrons. The van der Waals surface area contributed by atoms with Gasteiger partial charge in [0.25, 0.3) is 0 Å². The van der Waals surface area contributed by atoms with Crippen molar-refractivity contribution in [3.8, 4) is 16.9 Å². The van der Waals surface area contributed by atoms with Crippen LogP contribution in [0, 0.1) is 6.92 Å². The Hall–Kier alpha value is -4.65. The summed E-state index contributed by atoms with van der Waals surface area (Å²) in [6, 6.07) is 27.0. The Labute approximate surface area is 236 Å². The molecule has 0 aliphatic carbocycles. The number of benzene rings is 4. The summed E-state index contributed by atoms with van der Waals surface area (Å²) in [6.45, 7) is 2.27. The largest absolute Gasteiger partial charge is 0.489 e. The molecule has 0 amide bonds. The van der Waals surface area contributed by atoms with Crippen molar-refractivity contribution in [2.45, 2.75) is 39.0 Å². The highest BCUT2D eigenvalue weighted by molar-refractivity contribution is 5.98. The summed E-state index contributed by atoms with van der Waals surface area (Å²) in [5.41, 5.74) is 5.33. The van der Waals surface area contributed by atoms with Crippen molar-refractivity contribution in [1.29, 1.82) is 0 Å². The zero-order valence-electron chi connectivity index (χ0n) is 22.4. The first-order valence-electron chi connectivity index (χ1n) is 13.2. The van der Waals surface area contributed by atoms with Crippen LogP contribution in [0.2, 0.25) is 0 Å². The second-order valence-corrected chi connectivity index (χ2v) is 9.99. The van der Waals surface area contributed by atoms with Gasteiger partial charge in [-0.15, -0.1) is 0 Å². The van der Waals surface area contributed by atoms with E-state index in [1.807, 2.05) is 79.7 Å². The van der Waals surface area contributed by atoms with Crippen LogP contribution in [-0.4, -0.2) is 16.1 Å². The van der Waals surface area contributed by atoms with Gasteiger partial charge in [-0.05, 0) is 76.9 Å². The van der Waals surface area contributed by atoms with Gasteiger partial charge in [-0.2, -0.15) is 13.2 Å². The minimum Gasteiger partial charge on any atom is -0.489 e. The number of fused-ring (bicyclic) bond motifs is 1. The number of aryl methyl sites for hydroxylation is 2. The second kappa shape index (κ2) is 11.8. The third-order valence-corrected chi connectivity index (χ3v) is 7.07. The third-order valence-electron chi connectivity index (χ3n) is 7.07. The van der Waals surface area contributed by atoms with E-state index in [1.54, 1.807) is 12.3 Å². The molecule has 0 atom stereocenters. The summed E-state index contributed by atoms with van der Waals surface area (Å²) >= 11 is 0. The molecule has 4 aromatic carbocycles. The van der Waals surface area contributed by atoms with Crippen molar-refractivity contribution >= 4 is 16.9 Å². The van der Waals surface area contributed by atoms with Crippen LogP contribution in [0.25, 0.3) is 22.0 Å². The molecule has 1 heterocycles. The number of aromatic nitrogens is 1. The molecule has 1 N–H and O–H groups in total. The molecule has 4 nitrogen and oxygen atoms in total. The number of carboxylic acid groups (broad SMARTS) is 1. The lowest BCUT2D eigenvalue weighted by Crippen LogP contribution is -2.07. The van der Waals surface area contributed by atoms with Gasteiger partial charge in [-0.3, -0.25) is 9.78 Å². The number of carboxylic acids is 1. The standard InChI is InChI=1S/C34H28F3NO3/c1-22-7-2-3-10-25(22)18-27-20-38-33-29(13-6-14-30(33)34(35,36)37)32(27)26-11-5-12-28(19-26)41-21-24-9-4-8-23(17-24)15-16-31(39)40/h2-14,17,19-20H,15-16,18,21H2,1H3,(H,39,40). The summed E-state index contributed by atoms with van der Waals surface area (Å²) in [7, 11) is 0. The molecule has 0 saturated heterocycles. The fourth-order valence-electron chi connectivity index (χ4n) is 5.02. The van der Waals surface area contributed by atoms with Crippen LogP contribution in [0.4, 0.5) is 13.2 Å². The molecular weight excluding hydrogens is 527 g/mol. The van der Waals surface area contributed by atoms with E-state index in [-0.39, 0.29) is 18.5 Å². The molecule has 208 valence electrons. The highest BCUT2D eigenvalue weighted by Gasteiger charge is 2.33. The number of carbonyl (C=O) groups is 1. The number of rotatable bonds is 9. The van der Waals surface area contributed by atoms with E-state index in [4.69, 9.17) is 9.84 Å². The molecule has 7 heteroatoms. The number of ether oxygens (including phenoxy) is 1. The maximum atomic E-state index is 13.9. The van der Waals surface area contributed by atoms with Gasteiger partial charge in [-0.1, -0.05) is 72.8 Å². The van der Waals surface area contributed by atoms with Crippen LogP contribution in [0.15, 0.2) is 97.2 Å². The molecule has 0 bridgehead atoms. The van der Waals surface area contributed by atoms with Crippen molar-refractivity contribution in [1.82, 2.24) is 4.98 Å². The van der Waals surface area contributed by atoms with Crippen LogP contribution in [0.5, 0.6) is 5.75 Å². The number of para-hydroxylation sites is 1. The van der Waals surface area contributed by atoms with E-state index in [0.29, 0.717) is 29.5 Å². The first-order chi connectivity index (χ1) is 19.7. The first-order valence-corrected chi connectivity index (χ1v) is 13.2. The Morgan fingerprint density at radius 3 is 2.41 bits per heavy atom. The number of nitrogens with zero attached hydrogens (tertiary/aromatic N) is 1. The Balaban J connectivity index is 1.53.